The van der Waals surface area contributed by atoms with Crippen molar-refractivity contribution in [3.63, 3.8) is 0 Å². The van der Waals surface area contributed by atoms with E-state index in [2.05, 4.69) is 115 Å². The van der Waals surface area contributed by atoms with Crippen LogP contribution >= 0.6 is 11.3 Å². The molecule has 7 aromatic carbocycles. The van der Waals surface area contributed by atoms with Gasteiger partial charge in [0.15, 0.2) is 11.4 Å². The highest BCUT2D eigenvalue weighted by Crippen LogP contribution is 2.43. The van der Waals surface area contributed by atoms with Crippen LogP contribution in [0.3, 0.4) is 0 Å². The van der Waals surface area contributed by atoms with E-state index in [1.54, 1.807) is 11.3 Å². The van der Waals surface area contributed by atoms with Crippen LogP contribution in [0.5, 0.6) is 0 Å². The minimum Gasteiger partial charge on any atom is -0.456 e. The van der Waals surface area contributed by atoms with Gasteiger partial charge in [0.25, 0.3) is 0 Å². The fourth-order valence-electron chi connectivity index (χ4n) is 7.34. The van der Waals surface area contributed by atoms with E-state index in [-0.39, 0.29) is 0 Å². The largest absolute Gasteiger partial charge is 0.456 e. The second kappa shape index (κ2) is 10.1. The van der Waals surface area contributed by atoms with E-state index in [1.807, 2.05) is 30.3 Å². The van der Waals surface area contributed by atoms with Crippen LogP contribution in [-0.4, -0.2) is 9.97 Å². The summed E-state index contributed by atoms with van der Waals surface area (Å²) in [6.07, 6.45) is 0. The number of nitrogens with zero attached hydrogens (tertiary/aromatic N) is 2. The molecule has 0 fully saturated rings. The summed E-state index contributed by atoms with van der Waals surface area (Å²) in [4.78, 5) is 10.5. The van der Waals surface area contributed by atoms with Gasteiger partial charge in [0.2, 0.25) is 0 Å². The van der Waals surface area contributed by atoms with Gasteiger partial charge in [-0.15, -0.1) is 11.3 Å². The van der Waals surface area contributed by atoms with E-state index in [0.29, 0.717) is 11.4 Å². The van der Waals surface area contributed by atoms with Crippen molar-refractivity contribution >= 4 is 86.3 Å². The summed E-state index contributed by atoms with van der Waals surface area (Å²) >= 11 is 1.80. The van der Waals surface area contributed by atoms with Crippen LogP contribution < -0.4 is 0 Å². The Bertz CT molecular complexity index is 3130. The molecule has 0 saturated heterocycles. The lowest BCUT2D eigenvalue weighted by Crippen LogP contribution is -1.94. The monoisotopic (exact) mass is 644 g/mol. The Hall–Kier alpha value is -6.30. The topological polar surface area (TPSA) is 52.1 Å². The van der Waals surface area contributed by atoms with Crippen LogP contribution in [0.15, 0.2) is 154 Å². The summed E-state index contributed by atoms with van der Waals surface area (Å²) in [5, 5.41) is 7.97. The maximum absolute atomic E-state index is 6.56. The first kappa shape index (κ1) is 26.7. The molecule has 4 aromatic heterocycles. The van der Waals surface area contributed by atoms with Gasteiger partial charge in [-0.2, -0.15) is 0 Å². The Morgan fingerprint density at radius 1 is 0.449 bits per heavy atom. The van der Waals surface area contributed by atoms with Crippen LogP contribution in [0, 0.1) is 0 Å². The molecular weight excluding hydrogens is 621 g/mol. The minimum absolute atomic E-state index is 0.662. The Balaban J connectivity index is 1.17. The summed E-state index contributed by atoms with van der Waals surface area (Å²) in [6, 6.07) is 50.9. The molecule has 5 heteroatoms. The van der Waals surface area contributed by atoms with E-state index in [4.69, 9.17) is 18.8 Å². The summed E-state index contributed by atoms with van der Waals surface area (Å²) in [7, 11) is 0. The number of thiophene rings is 1. The lowest BCUT2D eigenvalue weighted by Gasteiger charge is -2.08. The summed E-state index contributed by atoms with van der Waals surface area (Å²) in [6.45, 7) is 0. The average molecular weight is 645 g/mol. The van der Waals surface area contributed by atoms with Crippen LogP contribution in [0.1, 0.15) is 0 Å². The maximum Gasteiger partial charge on any atom is 0.180 e. The normalized spacial score (nSPS) is 12.1. The lowest BCUT2D eigenvalue weighted by atomic mass is 9.97. The van der Waals surface area contributed by atoms with E-state index < -0.39 is 0 Å². The van der Waals surface area contributed by atoms with Gasteiger partial charge >= 0.3 is 0 Å². The van der Waals surface area contributed by atoms with Gasteiger partial charge in [0.1, 0.15) is 28.0 Å². The van der Waals surface area contributed by atoms with Crippen LogP contribution in [-0.2, 0) is 0 Å². The third-order valence-electron chi connectivity index (χ3n) is 9.69. The molecule has 0 radical (unpaired) electrons. The van der Waals surface area contributed by atoms with Crippen LogP contribution in [0.25, 0.3) is 109 Å². The Labute approximate surface area is 283 Å². The van der Waals surface area contributed by atoms with Gasteiger partial charge in [-0.1, -0.05) is 97.1 Å². The number of rotatable bonds is 3. The Morgan fingerprint density at radius 3 is 2.14 bits per heavy atom. The number of para-hydroxylation sites is 1. The van der Waals surface area contributed by atoms with Crippen molar-refractivity contribution < 1.29 is 8.83 Å². The highest BCUT2D eigenvalue weighted by molar-refractivity contribution is 7.25. The molecule has 0 unspecified atom stereocenters. The first-order valence-electron chi connectivity index (χ1n) is 16.3. The van der Waals surface area contributed by atoms with E-state index in [1.165, 1.54) is 30.9 Å². The Morgan fingerprint density at radius 2 is 1.18 bits per heavy atom. The fourth-order valence-corrected chi connectivity index (χ4v) is 8.49. The summed E-state index contributed by atoms with van der Waals surface area (Å²) in [5.41, 5.74) is 8.84. The predicted octanol–water partition coefficient (Wildman–Crippen LogP) is 12.8. The molecule has 49 heavy (non-hydrogen) atoms. The zero-order valence-corrected chi connectivity index (χ0v) is 26.8. The number of fused-ring (bicyclic) bond motifs is 10. The summed E-state index contributed by atoms with van der Waals surface area (Å²) < 4.78 is 15.5. The molecule has 0 bridgehead atoms. The number of benzene rings is 7. The lowest BCUT2D eigenvalue weighted by molar-refractivity contribution is 0.667. The molecule has 11 aromatic rings. The van der Waals surface area contributed by atoms with Crippen LogP contribution in [0.4, 0.5) is 0 Å². The van der Waals surface area contributed by atoms with Gasteiger partial charge in [-0.25, -0.2) is 9.97 Å². The molecular formula is C44H24N2O2S. The standard InChI is InChI=1S/C44H24N2O2S/c1-2-9-26-22-27(17-16-25(26)8-1)28-19-21-36-34(23-28)40-33(12-7-14-37(40)47-36)42-43-41(32-11-3-5-13-35(32)48-43)45-44(46-42)29-18-20-31-30-10-4-6-15-38(30)49-39(31)24-29/h1-24H. The molecule has 0 aliphatic carbocycles. The molecule has 0 saturated carbocycles. The quantitative estimate of drug-likeness (QED) is 0.192. The third-order valence-corrected chi connectivity index (χ3v) is 10.8. The zero-order valence-electron chi connectivity index (χ0n) is 26.0. The van der Waals surface area contributed by atoms with Crippen molar-refractivity contribution in [2.75, 3.05) is 0 Å². The van der Waals surface area contributed by atoms with Crippen LogP contribution in [0.2, 0.25) is 0 Å². The minimum atomic E-state index is 0.662. The Kier molecular flexibility index (Phi) is 5.51. The maximum atomic E-state index is 6.56. The van der Waals surface area contributed by atoms with Gasteiger partial charge in [0, 0.05) is 47.5 Å². The second-order valence-electron chi connectivity index (χ2n) is 12.5. The molecule has 228 valence electrons. The predicted molar refractivity (Wildman–Crippen MR) is 203 cm³/mol. The highest BCUT2D eigenvalue weighted by atomic mass is 32.1. The van der Waals surface area contributed by atoms with Crippen molar-refractivity contribution in [3.8, 4) is 33.8 Å². The molecule has 4 heterocycles. The number of aromatic nitrogens is 2. The number of furan rings is 2. The summed E-state index contributed by atoms with van der Waals surface area (Å²) in [5.74, 6) is 0.662. The van der Waals surface area contributed by atoms with Crippen molar-refractivity contribution in [2.45, 2.75) is 0 Å². The van der Waals surface area contributed by atoms with Gasteiger partial charge in [-0.3, -0.25) is 0 Å². The molecule has 11 rings (SSSR count). The zero-order chi connectivity index (χ0) is 32.1. The average Bonchev–Trinajstić information content (AvgIpc) is 3.85. The van der Waals surface area contributed by atoms with E-state index in [0.717, 1.165) is 66.4 Å². The smallest absolute Gasteiger partial charge is 0.180 e. The van der Waals surface area contributed by atoms with Crippen molar-refractivity contribution in [1.82, 2.24) is 9.97 Å². The van der Waals surface area contributed by atoms with E-state index in [9.17, 15) is 0 Å². The van der Waals surface area contributed by atoms with Gasteiger partial charge in [0.05, 0.1) is 0 Å². The number of hydrogen-bond acceptors (Lipinski definition) is 5. The van der Waals surface area contributed by atoms with Crippen molar-refractivity contribution in [3.05, 3.63) is 146 Å². The molecule has 0 N–H and O–H groups in total. The third kappa shape index (κ3) is 4.03. The van der Waals surface area contributed by atoms with Gasteiger partial charge in [-0.05, 0) is 70.4 Å². The number of hydrogen-bond donors (Lipinski definition) is 0. The first-order chi connectivity index (χ1) is 24.2. The van der Waals surface area contributed by atoms with Crippen molar-refractivity contribution in [1.29, 1.82) is 0 Å². The van der Waals surface area contributed by atoms with E-state index >= 15 is 0 Å². The molecule has 0 spiro atoms. The molecule has 0 aliphatic heterocycles. The second-order valence-corrected chi connectivity index (χ2v) is 13.6. The molecule has 0 amide bonds. The molecule has 4 nitrogen and oxygen atoms in total. The molecule has 0 atom stereocenters. The highest BCUT2D eigenvalue weighted by Gasteiger charge is 2.22. The first-order valence-corrected chi connectivity index (χ1v) is 17.1. The fraction of sp³-hybridized carbons (Fsp3) is 0. The SMILES string of the molecule is c1ccc2cc(-c3ccc4oc5cccc(-c6nc(-c7ccc8c(c7)sc7ccccc78)nc7c6oc6ccccc67)c5c4c3)ccc2c1. The van der Waals surface area contributed by atoms with Gasteiger partial charge < -0.3 is 8.83 Å². The van der Waals surface area contributed by atoms with Crippen molar-refractivity contribution in [2.24, 2.45) is 0 Å². The molecule has 0 aliphatic rings.